The zero-order valence-electron chi connectivity index (χ0n) is 6.00. The molecular weight excluding hydrogens is 142 g/mol. The average molecular weight is 149 g/mol. The fraction of sp³-hybridized carbons (Fsp3) is 0.167. The van der Waals surface area contributed by atoms with Crippen LogP contribution in [-0.4, -0.2) is 20.4 Å². The lowest BCUT2D eigenvalue weighted by Crippen LogP contribution is -1.92. The molecule has 11 heavy (non-hydrogen) atoms. The van der Waals surface area contributed by atoms with Crippen molar-refractivity contribution in [2.24, 2.45) is 0 Å². The summed E-state index contributed by atoms with van der Waals surface area (Å²) in [7, 11) is 0. The molecule has 0 saturated carbocycles. The molecule has 0 aliphatic heterocycles. The van der Waals surface area contributed by atoms with Gasteiger partial charge in [0.1, 0.15) is 5.52 Å². The number of H-pyrrole nitrogens is 1. The normalized spacial score (nSPS) is 10.6. The highest BCUT2D eigenvalue weighted by Gasteiger charge is 2.01. The lowest BCUT2D eigenvalue weighted by Gasteiger charge is -1.94. The first-order chi connectivity index (χ1) is 5.27. The second kappa shape index (κ2) is 1.91. The number of rotatable bonds is 0. The molecule has 0 bridgehead atoms. The van der Waals surface area contributed by atoms with Crippen molar-refractivity contribution < 1.29 is 0 Å². The Morgan fingerprint density at radius 2 is 2.27 bits per heavy atom. The van der Waals surface area contributed by atoms with Crippen molar-refractivity contribution in [1.82, 2.24) is 20.4 Å². The minimum atomic E-state index is 0.608. The lowest BCUT2D eigenvalue weighted by molar-refractivity contribution is 0.953. The summed E-state index contributed by atoms with van der Waals surface area (Å²) in [4.78, 5) is 4.11. The maximum absolute atomic E-state index is 5.60. The van der Waals surface area contributed by atoms with Crippen molar-refractivity contribution in [3.8, 4) is 0 Å². The van der Waals surface area contributed by atoms with Crippen molar-refractivity contribution >= 4 is 16.9 Å². The van der Waals surface area contributed by atoms with E-state index < -0.39 is 0 Å². The van der Waals surface area contributed by atoms with Crippen LogP contribution in [0.15, 0.2) is 6.07 Å². The standard InChI is InChI=1S/C6H7N5/c1-3-4(7)2-5-6(8-3)10-11-9-5/h2H,7H2,1H3,(H,8,9,10,11). The van der Waals surface area contributed by atoms with Gasteiger partial charge < -0.3 is 5.73 Å². The van der Waals surface area contributed by atoms with Gasteiger partial charge in [0, 0.05) is 0 Å². The van der Waals surface area contributed by atoms with E-state index in [2.05, 4.69) is 20.4 Å². The van der Waals surface area contributed by atoms with Crippen molar-refractivity contribution in [3.05, 3.63) is 11.8 Å². The van der Waals surface area contributed by atoms with Gasteiger partial charge in [-0.25, -0.2) is 4.98 Å². The Bertz CT molecular complexity index is 355. The molecule has 0 spiro atoms. The van der Waals surface area contributed by atoms with Crippen LogP contribution in [0.3, 0.4) is 0 Å². The number of fused-ring (bicyclic) bond motifs is 1. The van der Waals surface area contributed by atoms with E-state index in [9.17, 15) is 0 Å². The molecular formula is C6H7N5. The predicted octanol–water partition coefficient (Wildman–Crippen LogP) is 0.244. The number of hydrogen-bond donors (Lipinski definition) is 2. The fourth-order valence-electron chi connectivity index (χ4n) is 0.888. The zero-order valence-corrected chi connectivity index (χ0v) is 6.00. The number of hydrogen-bond acceptors (Lipinski definition) is 4. The first-order valence-corrected chi connectivity index (χ1v) is 3.21. The Morgan fingerprint density at radius 3 is 3.09 bits per heavy atom. The van der Waals surface area contributed by atoms with Crippen LogP contribution in [-0.2, 0) is 0 Å². The number of aromatic amines is 1. The third-order valence-corrected chi connectivity index (χ3v) is 1.54. The van der Waals surface area contributed by atoms with E-state index in [1.807, 2.05) is 6.92 Å². The van der Waals surface area contributed by atoms with E-state index in [0.29, 0.717) is 16.9 Å². The third kappa shape index (κ3) is 0.813. The molecule has 56 valence electrons. The van der Waals surface area contributed by atoms with Gasteiger partial charge in [0.2, 0.25) is 5.65 Å². The molecule has 5 nitrogen and oxygen atoms in total. The Labute approximate surface area is 62.6 Å². The number of nitrogens with one attached hydrogen (secondary N) is 1. The Kier molecular flexibility index (Phi) is 1.06. The van der Waals surface area contributed by atoms with Gasteiger partial charge in [0.15, 0.2) is 0 Å². The molecule has 0 aliphatic rings. The topological polar surface area (TPSA) is 80.5 Å². The average Bonchev–Trinajstić information content (AvgIpc) is 2.36. The Morgan fingerprint density at radius 1 is 1.45 bits per heavy atom. The molecule has 3 N–H and O–H groups in total. The summed E-state index contributed by atoms with van der Waals surface area (Å²) < 4.78 is 0. The molecule has 2 heterocycles. The molecule has 0 atom stereocenters. The van der Waals surface area contributed by atoms with E-state index in [1.165, 1.54) is 0 Å². The van der Waals surface area contributed by atoms with E-state index in [4.69, 9.17) is 5.73 Å². The number of aryl methyl sites for hydroxylation is 1. The number of pyridine rings is 1. The van der Waals surface area contributed by atoms with Crippen molar-refractivity contribution in [3.63, 3.8) is 0 Å². The predicted molar refractivity (Wildman–Crippen MR) is 40.8 cm³/mol. The molecule has 2 aromatic rings. The molecule has 0 aromatic carbocycles. The third-order valence-electron chi connectivity index (χ3n) is 1.54. The van der Waals surface area contributed by atoms with Gasteiger partial charge >= 0.3 is 0 Å². The number of nitrogens with zero attached hydrogens (tertiary/aromatic N) is 3. The summed E-state index contributed by atoms with van der Waals surface area (Å²) in [6.07, 6.45) is 0. The SMILES string of the molecule is Cc1nc2n[nH]nc2cc1N. The van der Waals surface area contributed by atoms with Crippen LogP contribution < -0.4 is 5.73 Å². The van der Waals surface area contributed by atoms with Gasteiger partial charge in [-0.2, -0.15) is 10.3 Å². The van der Waals surface area contributed by atoms with E-state index in [-0.39, 0.29) is 0 Å². The number of anilines is 1. The van der Waals surface area contributed by atoms with Crippen molar-refractivity contribution in [1.29, 1.82) is 0 Å². The highest BCUT2D eigenvalue weighted by Crippen LogP contribution is 2.12. The van der Waals surface area contributed by atoms with E-state index in [0.717, 1.165) is 5.69 Å². The molecule has 0 radical (unpaired) electrons. The highest BCUT2D eigenvalue weighted by atomic mass is 15.3. The van der Waals surface area contributed by atoms with E-state index in [1.54, 1.807) is 6.07 Å². The summed E-state index contributed by atoms with van der Waals surface area (Å²) in [6, 6.07) is 1.75. The second-order valence-corrected chi connectivity index (χ2v) is 2.33. The van der Waals surface area contributed by atoms with Gasteiger partial charge in [-0.05, 0) is 13.0 Å². The molecule has 0 aliphatic carbocycles. The van der Waals surface area contributed by atoms with Crippen LogP contribution in [0.1, 0.15) is 5.69 Å². The smallest absolute Gasteiger partial charge is 0.201 e. The summed E-state index contributed by atoms with van der Waals surface area (Å²) in [5.74, 6) is 0. The van der Waals surface area contributed by atoms with Crippen LogP contribution in [0, 0.1) is 6.92 Å². The number of nitrogen functional groups attached to an aromatic ring is 1. The monoisotopic (exact) mass is 149 g/mol. The molecule has 2 rings (SSSR count). The molecule has 5 heteroatoms. The zero-order chi connectivity index (χ0) is 7.84. The second-order valence-electron chi connectivity index (χ2n) is 2.33. The van der Waals surface area contributed by atoms with Crippen LogP contribution in [0.5, 0.6) is 0 Å². The summed E-state index contributed by atoms with van der Waals surface area (Å²) in [5.41, 5.74) is 8.34. The van der Waals surface area contributed by atoms with Crippen molar-refractivity contribution in [2.75, 3.05) is 5.73 Å². The maximum atomic E-state index is 5.60. The Balaban J connectivity index is 2.86. The highest BCUT2D eigenvalue weighted by molar-refractivity contribution is 5.73. The summed E-state index contributed by atoms with van der Waals surface area (Å²) in [6.45, 7) is 1.84. The van der Waals surface area contributed by atoms with E-state index >= 15 is 0 Å². The van der Waals surface area contributed by atoms with Crippen LogP contribution >= 0.6 is 0 Å². The molecule has 0 unspecified atom stereocenters. The first-order valence-electron chi connectivity index (χ1n) is 3.21. The van der Waals surface area contributed by atoms with Gasteiger partial charge in [-0.1, -0.05) is 0 Å². The molecule has 0 fully saturated rings. The molecule has 2 aromatic heterocycles. The van der Waals surface area contributed by atoms with Gasteiger partial charge in [-0.15, -0.1) is 5.10 Å². The van der Waals surface area contributed by atoms with Crippen LogP contribution in [0.2, 0.25) is 0 Å². The maximum Gasteiger partial charge on any atom is 0.201 e. The Hall–Kier alpha value is -1.65. The van der Waals surface area contributed by atoms with Crippen molar-refractivity contribution in [2.45, 2.75) is 6.92 Å². The molecule has 0 amide bonds. The fourth-order valence-corrected chi connectivity index (χ4v) is 0.888. The van der Waals surface area contributed by atoms with Gasteiger partial charge in [0.05, 0.1) is 11.4 Å². The largest absolute Gasteiger partial charge is 0.397 e. The minimum absolute atomic E-state index is 0.608. The summed E-state index contributed by atoms with van der Waals surface area (Å²) >= 11 is 0. The van der Waals surface area contributed by atoms with Crippen LogP contribution in [0.25, 0.3) is 11.2 Å². The number of nitrogens with two attached hydrogens (primary N) is 1. The molecule has 0 saturated heterocycles. The van der Waals surface area contributed by atoms with Crippen LogP contribution in [0.4, 0.5) is 5.69 Å². The van der Waals surface area contributed by atoms with Gasteiger partial charge in [-0.3, -0.25) is 0 Å². The quantitative estimate of drug-likeness (QED) is 0.562. The van der Waals surface area contributed by atoms with Gasteiger partial charge in [0.25, 0.3) is 0 Å². The minimum Gasteiger partial charge on any atom is -0.397 e. The lowest BCUT2D eigenvalue weighted by atomic mass is 10.3. The number of aromatic nitrogens is 4. The summed E-state index contributed by atoms with van der Waals surface area (Å²) in [5, 5.41) is 10.1. The first kappa shape index (κ1) is 6.09.